The average molecular weight is 252 g/mol. The summed E-state index contributed by atoms with van der Waals surface area (Å²) in [4.78, 5) is 0. The van der Waals surface area contributed by atoms with Crippen molar-refractivity contribution in [1.82, 2.24) is 20.1 Å². The minimum absolute atomic E-state index is 0.0926. The SMILES string of the molecule is CCn1cnnc1CNCC1(CO)CCCCC1. The van der Waals surface area contributed by atoms with Gasteiger partial charge in [0.05, 0.1) is 6.54 Å². The first-order valence-electron chi connectivity index (χ1n) is 6.98. The zero-order valence-electron chi connectivity index (χ0n) is 11.2. The number of aliphatic hydroxyl groups excluding tert-OH is 1. The lowest BCUT2D eigenvalue weighted by Gasteiger charge is -2.35. The van der Waals surface area contributed by atoms with E-state index < -0.39 is 0 Å². The van der Waals surface area contributed by atoms with Gasteiger partial charge >= 0.3 is 0 Å². The van der Waals surface area contributed by atoms with E-state index in [-0.39, 0.29) is 5.41 Å². The second-order valence-electron chi connectivity index (χ2n) is 5.36. The van der Waals surface area contributed by atoms with E-state index in [1.807, 2.05) is 4.57 Å². The Hall–Kier alpha value is -0.940. The maximum absolute atomic E-state index is 9.63. The molecule has 1 aliphatic carbocycles. The van der Waals surface area contributed by atoms with Gasteiger partial charge in [0.2, 0.25) is 0 Å². The molecule has 0 aromatic carbocycles. The number of hydrogen-bond donors (Lipinski definition) is 2. The van der Waals surface area contributed by atoms with Crippen molar-refractivity contribution >= 4 is 0 Å². The number of rotatable bonds is 6. The van der Waals surface area contributed by atoms with Crippen molar-refractivity contribution in [1.29, 1.82) is 0 Å². The molecule has 5 nitrogen and oxygen atoms in total. The van der Waals surface area contributed by atoms with Gasteiger partial charge in [0.1, 0.15) is 12.2 Å². The van der Waals surface area contributed by atoms with Crippen LogP contribution in [0, 0.1) is 5.41 Å². The fraction of sp³-hybridized carbons (Fsp3) is 0.846. The van der Waals surface area contributed by atoms with E-state index in [4.69, 9.17) is 0 Å². The molecule has 0 aliphatic heterocycles. The molecule has 1 aromatic heterocycles. The van der Waals surface area contributed by atoms with Gasteiger partial charge in [0, 0.05) is 25.1 Å². The zero-order chi connectivity index (χ0) is 12.8. The summed E-state index contributed by atoms with van der Waals surface area (Å²) < 4.78 is 2.04. The Labute approximate surface area is 109 Å². The molecule has 2 N–H and O–H groups in total. The Morgan fingerprint density at radius 1 is 1.39 bits per heavy atom. The number of nitrogens with one attached hydrogen (secondary N) is 1. The quantitative estimate of drug-likeness (QED) is 0.802. The lowest BCUT2D eigenvalue weighted by Crippen LogP contribution is -2.39. The molecule has 2 rings (SSSR count). The van der Waals surface area contributed by atoms with E-state index in [9.17, 15) is 5.11 Å². The van der Waals surface area contributed by atoms with Crippen LogP contribution in [-0.2, 0) is 13.1 Å². The van der Waals surface area contributed by atoms with Crippen molar-refractivity contribution in [2.75, 3.05) is 13.2 Å². The van der Waals surface area contributed by atoms with E-state index >= 15 is 0 Å². The fourth-order valence-corrected chi connectivity index (χ4v) is 2.81. The summed E-state index contributed by atoms with van der Waals surface area (Å²) >= 11 is 0. The molecule has 0 spiro atoms. The summed E-state index contributed by atoms with van der Waals surface area (Å²) in [5, 5.41) is 21.1. The van der Waals surface area contributed by atoms with E-state index in [1.165, 1.54) is 19.3 Å². The Kier molecular flexibility index (Phi) is 4.72. The smallest absolute Gasteiger partial charge is 0.146 e. The molecule has 0 unspecified atom stereocenters. The van der Waals surface area contributed by atoms with Crippen LogP contribution in [0.3, 0.4) is 0 Å². The van der Waals surface area contributed by atoms with Crippen LogP contribution in [-0.4, -0.2) is 33.0 Å². The zero-order valence-corrected chi connectivity index (χ0v) is 11.2. The van der Waals surface area contributed by atoms with Crippen molar-refractivity contribution in [3.63, 3.8) is 0 Å². The standard InChI is InChI=1S/C13H24N4O/c1-2-17-11-15-16-12(17)8-14-9-13(10-18)6-4-3-5-7-13/h11,14,18H,2-10H2,1H3. The van der Waals surface area contributed by atoms with Gasteiger partial charge in [-0.1, -0.05) is 19.3 Å². The Morgan fingerprint density at radius 2 is 2.17 bits per heavy atom. The highest BCUT2D eigenvalue weighted by atomic mass is 16.3. The summed E-state index contributed by atoms with van der Waals surface area (Å²) in [6.45, 7) is 4.88. The molecule has 0 amide bonds. The van der Waals surface area contributed by atoms with Crippen LogP contribution in [0.2, 0.25) is 0 Å². The lowest BCUT2D eigenvalue weighted by molar-refractivity contribution is 0.0808. The third-order valence-electron chi connectivity index (χ3n) is 4.07. The van der Waals surface area contributed by atoms with Crippen LogP contribution < -0.4 is 5.32 Å². The van der Waals surface area contributed by atoms with Crippen LogP contribution in [0.5, 0.6) is 0 Å². The van der Waals surface area contributed by atoms with Crippen molar-refractivity contribution in [2.24, 2.45) is 5.41 Å². The van der Waals surface area contributed by atoms with E-state index in [2.05, 4.69) is 22.4 Å². The van der Waals surface area contributed by atoms with Gasteiger partial charge in [-0.25, -0.2) is 0 Å². The monoisotopic (exact) mass is 252 g/mol. The van der Waals surface area contributed by atoms with Gasteiger partial charge < -0.3 is 15.0 Å². The Balaban J connectivity index is 1.83. The van der Waals surface area contributed by atoms with Crippen LogP contribution in [0.15, 0.2) is 6.33 Å². The second kappa shape index (κ2) is 6.29. The van der Waals surface area contributed by atoms with E-state index in [0.29, 0.717) is 6.61 Å². The highest BCUT2D eigenvalue weighted by Crippen LogP contribution is 2.35. The first-order valence-corrected chi connectivity index (χ1v) is 6.98. The highest BCUT2D eigenvalue weighted by molar-refractivity contribution is 4.88. The predicted octanol–water partition coefficient (Wildman–Crippen LogP) is 1.33. The summed E-state index contributed by atoms with van der Waals surface area (Å²) in [5.74, 6) is 0.974. The molecule has 0 atom stereocenters. The third kappa shape index (κ3) is 3.09. The van der Waals surface area contributed by atoms with Gasteiger partial charge in [-0.05, 0) is 19.8 Å². The normalized spacial score (nSPS) is 19.0. The van der Waals surface area contributed by atoms with Crippen molar-refractivity contribution < 1.29 is 5.11 Å². The van der Waals surface area contributed by atoms with Gasteiger partial charge in [-0.15, -0.1) is 10.2 Å². The van der Waals surface area contributed by atoms with Crippen LogP contribution in [0.25, 0.3) is 0 Å². The average Bonchev–Trinajstić information content (AvgIpc) is 2.87. The Bertz CT molecular complexity index is 358. The molecular weight excluding hydrogens is 228 g/mol. The Morgan fingerprint density at radius 3 is 2.83 bits per heavy atom. The molecule has 18 heavy (non-hydrogen) atoms. The number of aromatic nitrogens is 3. The molecule has 1 aliphatic rings. The van der Waals surface area contributed by atoms with Crippen molar-refractivity contribution in [3.05, 3.63) is 12.2 Å². The minimum atomic E-state index is 0.0926. The van der Waals surface area contributed by atoms with Crippen molar-refractivity contribution in [3.8, 4) is 0 Å². The molecular formula is C13H24N4O. The number of nitrogens with zero attached hydrogens (tertiary/aromatic N) is 3. The molecule has 0 radical (unpaired) electrons. The summed E-state index contributed by atoms with van der Waals surface area (Å²) in [7, 11) is 0. The van der Waals surface area contributed by atoms with Crippen LogP contribution in [0.4, 0.5) is 0 Å². The van der Waals surface area contributed by atoms with Gasteiger partial charge in [-0.3, -0.25) is 0 Å². The molecule has 1 aromatic rings. The molecule has 1 saturated carbocycles. The summed E-state index contributed by atoms with van der Waals surface area (Å²) in [6, 6.07) is 0. The predicted molar refractivity (Wildman–Crippen MR) is 70.0 cm³/mol. The van der Waals surface area contributed by atoms with Gasteiger partial charge in [0.25, 0.3) is 0 Å². The number of aliphatic hydroxyl groups is 1. The number of hydrogen-bond acceptors (Lipinski definition) is 4. The molecule has 102 valence electrons. The molecule has 0 bridgehead atoms. The fourth-order valence-electron chi connectivity index (χ4n) is 2.81. The van der Waals surface area contributed by atoms with Crippen molar-refractivity contribution in [2.45, 2.75) is 52.1 Å². The molecule has 1 fully saturated rings. The van der Waals surface area contributed by atoms with Crippen LogP contribution >= 0.6 is 0 Å². The van der Waals surface area contributed by atoms with Gasteiger partial charge in [-0.2, -0.15) is 0 Å². The first kappa shape index (κ1) is 13.5. The maximum Gasteiger partial charge on any atom is 0.146 e. The topological polar surface area (TPSA) is 63.0 Å². The van der Waals surface area contributed by atoms with Crippen LogP contribution in [0.1, 0.15) is 44.9 Å². The summed E-state index contributed by atoms with van der Waals surface area (Å²) in [6.07, 6.45) is 7.83. The molecule has 5 heteroatoms. The summed E-state index contributed by atoms with van der Waals surface area (Å²) in [5.41, 5.74) is 0.0926. The number of aryl methyl sites for hydroxylation is 1. The molecule has 1 heterocycles. The largest absolute Gasteiger partial charge is 0.396 e. The highest BCUT2D eigenvalue weighted by Gasteiger charge is 2.30. The van der Waals surface area contributed by atoms with Gasteiger partial charge in [0.15, 0.2) is 0 Å². The first-order chi connectivity index (χ1) is 8.79. The molecule has 0 saturated heterocycles. The maximum atomic E-state index is 9.63. The third-order valence-corrected chi connectivity index (χ3v) is 4.07. The minimum Gasteiger partial charge on any atom is -0.396 e. The lowest BCUT2D eigenvalue weighted by atomic mass is 9.74. The van der Waals surface area contributed by atoms with E-state index in [1.54, 1.807) is 6.33 Å². The second-order valence-corrected chi connectivity index (χ2v) is 5.36. The van der Waals surface area contributed by atoms with E-state index in [0.717, 1.165) is 38.3 Å².